The molecule has 0 saturated heterocycles. The summed E-state index contributed by atoms with van der Waals surface area (Å²) in [6.45, 7) is 14.9. The molecule has 0 radical (unpaired) electrons. The molecule has 0 aliphatic carbocycles. The first kappa shape index (κ1) is 16.5. The molecule has 0 aliphatic heterocycles. The summed E-state index contributed by atoms with van der Waals surface area (Å²) in [5.74, 6) is 0.438. The molecule has 98 valence electrons. The van der Waals surface area contributed by atoms with Gasteiger partial charge in [-0.15, -0.1) is 0 Å². The van der Waals surface area contributed by atoms with E-state index in [0.717, 1.165) is 19.3 Å². The van der Waals surface area contributed by atoms with Crippen LogP contribution in [0.1, 0.15) is 60.3 Å². The molecule has 0 aromatic rings. The zero-order valence-corrected chi connectivity index (χ0v) is 12.8. The van der Waals surface area contributed by atoms with Crippen LogP contribution in [0.3, 0.4) is 0 Å². The Morgan fingerprint density at radius 1 is 1.18 bits per heavy atom. The van der Waals surface area contributed by atoms with E-state index in [1.165, 1.54) is 23.1 Å². The molecule has 0 atom stereocenters. The summed E-state index contributed by atoms with van der Waals surface area (Å²) in [6, 6.07) is 0. The van der Waals surface area contributed by atoms with Gasteiger partial charge in [0.2, 0.25) is 0 Å². The van der Waals surface area contributed by atoms with Crippen LogP contribution in [0.2, 0.25) is 0 Å². The summed E-state index contributed by atoms with van der Waals surface area (Å²) in [7, 11) is 0. The number of hydrogen-bond acceptors (Lipinski definition) is 0. The maximum atomic E-state index is 6.19. The molecule has 0 bridgehead atoms. The van der Waals surface area contributed by atoms with Gasteiger partial charge in [0.05, 0.1) is 0 Å². The van der Waals surface area contributed by atoms with Crippen molar-refractivity contribution in [3.63, 3.8) is 0 Å². The van der Waals surface area contributed by atoms with Crippen LogP contribution in [0, 0.1) is 5.92 Å². The van der Waals surface area contributed by atoms with E-state index in [1.54, 1.807) is 0 Å². The number of rotatable bonds is 7. The molecular formula is C16H27Cl. The van der Waals surface area contributed by atoms with E-state index in [9.17, 15) is 0 Å². The summed E-state index contributed by atoms with van der Waals surface area (Å²) in [4.78, 5) is 0. The summed E-state index contributed by atoms with van der Waals surface area (Å²) in [5, 5.41) is 0.707. The SMILES string of the molecule is C=C(Cl)/C(=C(CCC)\C(=C/C)CCC)C(C)C. The van der Waals surface area contributed by atoms with Gasteiger partial charge in [0.25, 0.3) is 0 Å². The number of halogens is 1. The highest BCUT2D eigenvalue weighted by Gasteiger charge is 2.15. The lowest BCUT2D eigenvalue weighted by Gasteiger charge is -2.20. The van der Waals surface area contributed by atoms with Gasteiger partial charge in [-0.1, -0.05) is 64.8 Å². The van der Waals surface area contributed by atoms with Crippen LogP contribution in [0.15, 0.2) is 34.4 Å². The third kappa shape index (κ3) is 5.12. The van der Waals surface area contributed by atoms with E-state index >= 15 is 0 Å². The average Bonchev–Trinajstić information content (AvgIpc) is 2.24. The lowest BCUT2D eigenvalue weighted by atomic mass is 9.87. The highest BCUT2D eigenvalue weighted by Crippen LogP contribution is 2.33. The first-order valence-electron chi connectivity index (χ1n) is 6.72. The first-order chi connectivity index (χ1) is 7.99. The fourth-order valence-electron chi connectivity index (χ4n) is 2.28. The van der Waals surface area contributed by atoms with Crippen LogP contribution in [-0.2, 0) is 0 Å². The average molecular weight is 255 g/mol. The normalized spacial score (nSPS) is 13.9. The molecule has 17 heavy (non-hydrogen) atoms. The van der Waals surface area contributed by atoms with Crippen LogP contribution in [-0.4, -0.2) is 0 Å². The molecule has 0 saturated carbocycles. The molecule has 1 heteroatoms. The third-order valence-corrected chi connectivity index (χ3v) is 3.15. The van der Waals surface area contributed by atoms with Gasteiger partial charge in [0.15, 0.2) is 0 Å². The predicted molar refractivity (Wildman–Crippen MR) is 80.4 cm³/mol. The van der Waals surface area contributed by atoms with Gasteiger partial charge >= 0.3 is 0 Å². The Morgan fingerprint density at radius 2 is 1.71 bits per heavy atom. The molecular weight excluding hydrogens is 228 g/mol. The molecule has 0 unspecified atom stereocenters. The molecule has 0 amide bonds. The van der Waals surface area contributed by atoms with E-state index in [1.807, 2.05) is 0 Å². The van der Waals surface area contributed by atoms with Crippen molar-refractivity contribution in [1.82, 2.24) is 0 Å². The van der Waals surface area contributed by atoms with Crippen LogP contribution >= 0.6 is 11.6 Å². The summed E-state index contributed by atoms with van der Waals surface area (Å²) >= 11 is 6.19. The van der Waals surface area contributed by atoms with E-state index in [4.69, 9.17) is 11.6 Å². The molecule has 0 fully saturated rings. The molecule has 0 aromatic heterocycles. The Morgan fingerprint density at radius 3 is 2.00 bits per heavy atom. The van der Waals surface area contributed by atoms with Gasteiger partial charge < -0.3 is 0 Å². The topological polar surface area (TPSA) is 0 Å². The van der Waals surface area contributed by atoms with Crippen LogP contribution in [0.5, 0.6) is 0 Å². The minimum absolute atomic E-state index is 0.438. The van der Waals surface area contributed by atoms with Crippen LogP contribution in [0.25, 0.3) is 0 Å². The van der Waals surface area contributed by atoms with Gasteiger partial charge in [-0.05, 0) is 42.4 Å². The van der Waals surface area contributed by atoms with Crippen molar-refractivity contribution in [2.75, 3.05) is 0 Å². The monoisotopic (exact) mass is 254 g/mol. The van der Waals surface area contributed by atoms with E-state index in [0.29, 0.717) is 11.0 Å². The van der Waals surface area contributed by atoms with Crippen molar-refractivity contribution in [2.45, 2.75) is 60.3 Å². The number of allylic oxidation sites excluding steroid dienone is 5. The van der Waals surface area contributed by atoms with E-state index in [2.05, 4.69) is 47.3 Å². The lowest BCUT2D eigenvalue weighted by Crippen LogP contribution is -2.03. The number of hydrogen-bond donors (Lipinski definition) is 0. The highest BCUT2D eigenvalue weighted by atomic mass is 35.5. The Balaban J connectivity index is 5.56. The van der Waals surface area contributed by atoms with Crippen LogP contribution < -0.4 is 0 Å². The lowest BCUT2D eigenvalue weighted by molar-refractivity contribution is 0.749. The Bertz CT molecular complexity index is 305. The summed E-state index contributed by atoms with van der Waals surface area (Å²) in [5.41, 5.74) is 4.11. The predicted octanol–water partition coefficient (Wildman–Crippen LogP) is 6.24. The largest absolute Gasteiger partial charge is 0.0847 e. The van der Waals surface area contributed by atoms with Crippen LogP contribution in [0.4, 0.5) is 0 Å². The summed E-state index contributed by atoms with van der Waals surface area (Å²) in [6.07, 6.45) is 6.78. The minimum atomic E-state index is 0.438. The minimum Gasteiger partial charge on any atom is -0.0847 e. The molecule has 0 aromatic carbocycles. The van der Waals surface area contributed by atoms with Gasteiger partial charge in [-0.25, -0.2) is 0 Å². The Hall–Kier alpha value is -0.490. The van der Waals surface area contributed by atoms with Crippen molar-refractivity contribution in [3.8, 4) is 0 Å². The second-order valence-electron chi connectivity index (χ2n) is 4.77. The quantitative estimate of drug-likeness (QED) is 0.472. The van der Waals surface area contributed by atoms with Crippen molar-refractivity contribution >= 4 is 11.6 Å². The zero-order valence-electron chi connectivity index (χ0n) is 12.1. The second-order valence-corrected chi connectivity index (χ2v) is 5.22. The molecule has 0 rings (SSSR count). The maximum absolute atomic E-state index is 6.19. The van der Waals surface area contributed by atoms with E-state index < -0.39 is 0 Å². The molecule has 0 nitrogen and oxygen atoms in total. The standard InChI is InChI=1S/C16H27Cl/c1-7-10-14(9-3)15(11-8-2)16(12(4)5)13(6)17/h9,12H,6-8,10-11H2,1-5H3/b14-9-,16-15-. The van der Waals surface area contributed by atoms with Crippen molar-refractivity contribution in [3.05, 3.63) is 34.4 Å². The molecule has 0 heterocycles. The Kier molecular flexibility index (Phi) is 8.33. The fraction of sp³-hybridized carbons (Fsp3) is 0.625. The molecule has 0 spiro atoms. The smallest absolute Gasteiger partial charge is 0.0371 e. The summed E-state index contributed by atoms with van der Waals surface area (Å²) < 4.78 is 0. The van der Waals surface area contributed by atoms with Crippen molar-refractivity contribution in [1.29, 1.82) is 0 Å². The highest BCUT2D eigenvalue weighted by molar-refractivity contribution is 6.31. The van der Waals surface area contributed by atoms with Gasteiger partial charge in [-0.2, -0.15) is 0 Å². The maximum Gasteiger partial charge on any atom is 0.0371 e. The second kappa shape index (κ2) is 8.58. The third-order valence-electron chi connectivity index (χ3n) is 2.95. The van der Waals surface area contributed by atoms with Crippen molar-refractivity contribution in [2.24, 2.45) is 5.92 Å². The van der Waals surface area contributed by atoms with Gasteiger partial charge in [0, 0.05) is 5.03 Å². The molecule has 0 aliphatic rings. The first-order valence-corrected chi connectivity index (χ1v) is 7.10. The molecule has 0 N–H and O–H groups in total. The zero-order chi connectivity index (χ0) is 13.4. The fourth-order valence-corrected chi connectivity index (χ4v) is 2.61. The Labute approximate surface area is 112 Å². The van der Waals surface area contributed by atoms with Gasteiger partial charge in [-0.3, -0.25) is 0 Å². The van der Waals surface area contributed by atoms with E-state index in [-0.39, 0.29) is 0 Å². The van der Waals surface area contributed by atoms with Crippen molar-refractivity contribution < 1.29 is 0 Å². The van der Waals surface area contributed by atoms with Gasteiger partial charge in [0.1, 0.15) is 0 Å².